The number of halogens is 1. The second-order valence-electron chi connectivity index (χ2n) is 8.32. The molecule has 0 heterocycles. The number of benzene rings is 1. The lowest BCUT2D eigenvalue weighted by Gasteiger charge is -2.43. The maximum absolute atomic E-state index is 12.8. The van der Waals surface area contributed by atoms with Crippen LogP contribution < -0.4 is 11.1 Å². The van der Waals surface area contributed by atoms with Crippen LogP contribution in [0.4, 0.5) is 0 Å². The largest absolute Gasteiger partial charge is 0.352 e. The summed E-state index contributed by atoms with van der Waals surface area (Å²) in [7, 11) is 0. The average molecular weight is 347 g/mol. The third-order valence-corrected chi connectivity index (χ3v) is 7.13. The van der Waals surface area contributed by atoms with Gasteiger partial charge in [0.15, 0.2) is 0 Å². The van der Waals surface area contributed by atoms with Gasteiger partial charge in [0.25, 0.3) is 0 Å². The molecule has 3 N–H and O–H groups in total. The maximum Gasteiger partial charge on any atom is 0.223 e. The number of nitrogens with one attached hydrogen (secondary N) is 1. The molecular weight excluding hydrogens is 320 g/mol. The van der Waals surface area contributed by atoms with Crippen molar-refractivity contribution in [3.8, 4) is 0 Å². The van der Waals surface area contributed by atoms with Gasteiger partial charge >= 0.3 is 0 Å². The van der Waals surface area contributed by atoms with E-state index < -0.39 is 0 Å². The molecule has 4 heteroatoms. The first-order valence-electron chi connectivity index (χ1n) is 9.36. The fourth-order valence-electron chi connectivity index (χ4n) is 5.83. The Hall–Kier alpha value is -1.06. The summed E-state index contributed by atoms with van der Waals surface area (Å²) in [5.74, 6) is 2.92. The molecule has 4 aliphatic rings. The number of hydrogen-bond donors (Lipinski definition) is 2. The van der Waals surface area contributed by atoms with Crippen LogP contribution in [0.3, 0.4) is 0 Å². The molecule has 1 amide bonds. The molecule has 1 aromatic carbocycles. The number of hydrogen-bond acceptors (Lipinski definition) is 2. The normalized spacial score (nSPS) is 41.6. The first-order chi connectivity index (χ1) is 11.2. The van der Waals surface area contributed by atoms with Crippen molar-refractivity contribution < 1.29 is 4.79 Å². The molecule has 0 saturated heterocycles. The molecule has 0 spiro atoms. The highest BCUT2D eigenvalue weighted by molar-refractivity contribution is 5.85. The summed E-state index contributed by atoms with van der Waals surface area (Å²) in [6.07, 6.45) is 6.94. The number of carbonyl (C=O) groups excluding carboxylic acids is 1. The predicted molar refractivity (Wildman–Crippen MR) is 97.1 cm³/mol. The second kappa shape index (κ2) is 6.03. The lowest BCUT2D eigenvalue weighted by Crippen LogP contribution is -2.49. The lowest BCUT2D eigenvalue weighted by molar-refractivity contribution is -0.128. The van der Waals surface area contributed by atoms with E-state index in [1.165, 1.54) is 30.4 Å². The zero-order valence-electron chi connectivity index (χ0n) is 14.0. The van der Waals surface area contributed by atoms with Crippen molar-refractivity contribution >= 4 is 18.3 Å². The van der Waals surface area contributed by atoms with Gasteiger partial charge in [-0.15, -0.1) is 12.4 Å². The van der Waals surface area contributed by atoms with Gasteiger partial charge in [-0.25, -0.2) is 0 Å². The Morgan fingerprint density at radius 3 is 2.58 bits per heavy atom. The highest BCUT2D eigenvalue weighted by Crippen LogP contribution is 2.56. The minimum absolute atomic E-state index is 0. The highest BCUT2D eigenvalue weighted by Gasteiger charge is 2.56. The number of nitrogens with two attached hydrogens (primary N) is 1. The summed E-state index contributed by atoms with van der Waals surface area (Å²) >= 11 is 0. The molecule has 1 aromatic rings. The van der Waals surface area contributed by atoms with Gasteiger partial charge < -0.3 is 11.1 Å². The fourth-order valence-corrected chi connectivity index (χ4v) is 5.83. The van der Waals surface area contributed by atoms with Gasteiger partial charge in [0.2, 0.25) is 5.91 Å². The maximum atomic E-state index is 12.8. The molecule has 24 heavy (non-hydrogen) atoms. The van der Waals surface area contributed by atoms with Crippen LogP contribution >= 0.6 is 12.4 Å². The number of carbonyl (C=O) groups is 1. The van der Waals surface area contributed by atoms with Gasteiger partial charge in [-0.1, -0.05) is 30.7 Å². The lowest BCUT2D eigenvalue weighted by atomic mass is 9.65. The molecule has 0 aliphatic heterocycles. The molecule has 5 unspecified atom stereocenters. The molecule has 3 fully saturated rings. The molecule has 5 rings (SSSR count). The fraction of sp³-hybridized carbons (Fsp3) is 0.650. The highest BCUT2D eigenvalue weighted by atomic mass is 35.5. The minimum atomic E-state index is 0. The van der Waals surface area contributed by atoms with Gasteiger partial charge in [0.05, 0.1) is 0 Å². The van der Waals surface area contributed by atoms with Crippen molar-refractivity contribution in [1.82, 2.24) is 5.32 Å². The van der Waals surface area contributed by atoms with E-state index in [4.69, 9.17) is 5.73 Å². The van der Waals surface area contributed by atoms with Gasteiger partial charge in [0.1, 0.15) is 0 Å². The van der Waals surface area contributed by atoms with E-state index in [0.29, 0.717) is 41.7 Å². The van der Waals surface area contributed by atoms with E-state index in [1.54, 1.807) is 0 Å². The molecular formula is C20H27ClN2O. The minimum Gasteiger partial charge on any atom is -0.352 e. The van der Waals surface area contributed by atoms with Crippen molar-refractivity contribution in [2.24, 2.45) is 29.4 Å². The van der Waals surface area contributed by atoms with Gasteiger partial charge in [-0.2, -0.15) is 0 Å². The molecule has 0 radical (unpaired) electrons. The van der Waals surface area contributed by atoms with E-state index in [2.05, 4.69) is 29.6 Å². The van der Waals surface area contributed by atoms with Crippen LogP contribution in [-0.2, 0) is 11.2 Å². The molecule has 4 aliphatic carbocycles. The Kier molecular flexibility index (Phi) is 4.12. The first kappa shape index (κ1) is 16.4. The molecule has 130 valence electrons. The summed E-state index contributed by atoms with van der Waals surface area (Å²) in [4.78, 5) is 12.8. The number of amides is 1. The number of fused-ring (bicyclic) bond motifs is 5. The number of rotatable bonds is 2. The average Bonchev–Trinajstić information content (AvgIpc) is 3.04. The Balaban J connectivity index is 0.00000146. The predicted octanol–water partition coefficient (Wildman–Crippen LogP) is 3.02. The van der Waals surface area contributed by atoms with Gasteiger partial charge in [-0.05, 0) is 61.0 Å². The molecule has 5 atom stereocenters. The van der Waals surface area contributed by atoms with Crippen molar-refractivity contribution in [3.05, 3.63) is 35.4 Å². The Morgan fingerprint density at radius 1 is 1.12 bits per heavy atom. The van der Waals surface area contributed by atoms with Crippen LogP contribution in [0, 0.1) is 23.7 Å². The van der Waals surface area contributed by atoms with Crippen molar-refractivity contribution in [2.75, 3.05) is 0 Å². The topological polar surface area (TPSA) is 55.1 Å². The van der Waals surface area contributed by atoms with Crippen LogP contribution in [0.25, 0.3) is 0 Å². The summed E-state index contributed by atoms with van der Waals surface area (Å²) < 4.78 is 0. The third kappa shape index (κ3) is 2.48. The Bertz CT molecular complexity index is 634. The van der Waals surface area contributed by atoms with E-state index in [1.807, 2.05) is 0 Å². The molecule has 3 nitrogen and oxygen atoms in total. The van der Waals surface area contributed by atoms with E-state index in [-0.39, 0.29) is 18.3 Å². The van der Waals surface area contributed by atoms with Gasteiger partial charge in [-0.3, -0.25) is 4.79 Å². The zero-order chi connectivity index (χ0) is 15.6. The van der Waals surface area contributed by atoms with Crippen LogP contribution in [0.15, 0.2) is 24.3 Å². The van der Waals surface area contributed by atoms with Crippen molar-refractivity contribution in [2.45, 2.75) is 56.5 Å². The Morgan fingerprint density at radius 2 is 1.83 bits per heavy atom. The quantitative estimate of drug-likeness (QED) is 0.864. The summed E-state index contributed by atoms with van der Waals surface area (Å²) in [6, 6.07) is 9.48. The van der Waals surface area contributed by atoms with Crippen molar-refractivity contribution in [1.29, 1.82) is 0 Å². The first-order valence-corrected chi connectivity index (χ1v) is 9.36. The standard InChI is InChI=1S/C20H26N2O.ClH/c21-18-12-5-3-6-13(18)9-14(8-12)20(23)22-19-16-10-11-4-1-2-7-15(11)17(16)19;/h1-2,4,7,12-14,16-19H,3,5-6,8-10,21H2,(H,22,23);1H. The summed E-state index contributed by atoms with van der Waals surface area (Å²) in [5, 5.41) is 3.39. The summed E-state index contributed by atoms with van der Waals surface area (Å²) in [6.45, 7) is 0. The van der Waals surface area contributed by atoms with Crippen LogP contribution in [0.1, 0.15) is 49.1 Å². The van der Waals surface area contributed by atoms with Crippen molar-refractivity contribution in [3.63, 3.8) is 0 Å². The molecule has 2 bridgehead atoms. The van der Waals surface area contributed by atoms with E-state index in [0.717, 1.165) is 19.3 Å². The monoisotopic (exact) mass is 346 g/mol. The van der Waals surface area contributed by atoms with E-state index in [9.17, 15) is 4.79 Å². The third-order valence-electron chi connectivity index (χ3n) is 7.13. The van der Waals surface area contributed by atoms with Crippen LogP contribution in [0.2, 0.25) is 0 Å². The molecule has 0 aromatic heterocycles. The van der Waals surface area contributed by atoms with Gasteiger partial charge in [0, 0.05) is 23.9 Å². The Labute approximate surface area is 150 Å². The van der Waals surface area contributed by atoms with Crippen LogP contribution in [-0.4, -0.2) is 18.0 Å². The van der Waals surface area contributed by atoms with Crippen LogP contribution in [0.5, 0.6) is 0 Å². The smallest absolute Gasteiger partial charge is 0.223 e. The summed E-state index contributed by atoms with van der Waals surface area (Å²) in [5.41, 5.74) is 9.33. The SMILES string of the molecule is Cl.NC1C2CCCC1CC(C(=O)NC1C3Cc4ccccc4C31)C2. The van der Waals surface area contributed by atoms with E-state index >= 15 is 0 Å². The second-order valence-corrected chi connectivity index (χ2v) is 8.32. The molecule has 3 saturated carbocycles. The zero-order valence-corrected chi connectivity index (χ0v) is 14.8.